The molecule has 1 amide bonds. The first-order valence-corrected chi connectivity index (χ1v) is 9.25. The van der Waals surface area contributed by atoms with Gasteiger partial charge >= 0.3 is 12.1 Å². The first-order valence-electron chi connectivity index (χ1n) is 9.25. The van der Waals surface area contributed by atoms with Crippen molar-refractivity contribution in [3.63, 3.8) is 0 Å². The van der Waals surface area contributed by atoms with E-state index in [9.17, 15) is 18.0 Å². The lowest BCUT2D eigenvalue weighted by molar-refractivity contribution is -0.192. The molecule has 0 radical (unpaired) electrons. The maximum Gasteiger partial charge on any atom is 0.490 e. The molecule has 10 nitrogen and oxygen atoms in total. The number of hydrogen-bond acceptors (Lipinski definition) is 8. The number of hydrogen-bond donors (Lipinski definition) is 1. The summed E-state index contributed by atoms with van der Waals surface area (Å²) in [5.74, 6) is -1.02. The van der Waals surface area contributed by atoms with Crippen molar-refractivity contribution in [3.8, 4) is 5.88 Å². The second-order valence-electron chi connectivity index (χ2n) is 7.46. The molecule has 2 aliphatic heterocycles. The first-order chi connectivity index (χ1) is 14.5. The number of aliphatic carboxylic acids is 1. The van der Waals surface area contributed by atoms with Crippen molar-refractivity contribution in [2.24, 2.45) is 11.3 Å². The molecule has 0 bridgehead atoms. The number of fused-ring (bicyclic) bond motifs is 1. The molecule has 2 saturated heterocycles. The summed E-state index contributed by atoms with van der Waals surface area (Å²) < 4.78 is 48.3. The predicted octanol–water partition coefficient (Wildman–Crippen LogP) is 0.676. The number of halogens is 3. The summed E-state index contributed by atoms with van der Waals surface area (Å²) in [6, 6.07) is 1.84. The number of ether oxygens (including phenoxy) is 3. The molecule has 2 atom stereocenters. The number of carboxylic acids is 1. The molecule has 0 unspecified atom stereocenters. The van der Waals surface area contributed by atoms with Gasteiger partial charge in [-0.1, -0.05) is 0 Å². The number of alkyl halides is 3. The van der Waals surface area contributed by atoms with Crippen molar-refractivity contribution in [1.82, 2.24) is 14.9 Å². The number of nitrogens with zero attached hydrogens (tertiary/aromatic N) is 4. The number of carboxylic acid groups (broad SMARTS) is 1. The third-order valence-corrected chi connectivity index (χ3v) is 5.04. The third-order valence-electron chi connectivity index (χ3n) is 5.04. The molecule has 2 aliphatic rings. The number of carbonyl (C=O) groups is 2. The van der Waals surface area contributed by atoms with Crippen LogP contribution in [0, 0.1) is 11.3 Å². The highest BCUT2D eigenvalue weighted by atomic mass is 19.4. The summed E-state index contributed by atoms with van der Waals surface area (Å²) in [7, 11) is 5.05. The van der Waals surface area contributed by atoms with Gasteiger partial charge in [0.2, 0.25) is 11.8 Å². The van der Waals surface area contributed by atoms with Crippen molar-refractivity contribution < 1.29 is 42.1 Å². The lowest BCUT2D eigenvalue weighted by atomic mass is 9.82. The van der Waals surface area contributed by atoms with Crippen molar-refractivity contribution >= 4 is 17.7 Å². The van der Waals surface area contributed by atoms with Gasteiger partial charge in [-0.15, -0.1) is 0 Å². The molecule has 174 valence electrons. The third kappa shape index (κ3) is 6.40. The highest BCUT2D eigenvalue weighted by Gasteiger charge is 2.51. The van der Waals surface area contributed by atoms with Crippen LogP contribution in [0.1, 0.15) is 0 Å². The fourth-order valence-corrected chi connectivity index (χ4v) is 3.30. The molecule has 1 aromatic rings. The van der Waals surface area contributed by atoms with Crippen molar-refractivity contribution in [1.29, 1.82) is 0 Å². The Balaban J connectivity index is 0.000000423. The Morgan fingerprint density at radius 2 is 2.06 bits per heavy atom. The van der Waals surface area contributed by atoms with Crippen molar-refractivity contribution in [3.05, 3.63) is 12.4 Å². The van der Waals surface area contributed by atoms with Gasteiger partial charge in [0, 0.05) is 44.6 Å². The molecule has 0 aliphatic carbocycles. The zero-order valence-corrected chi connectivity index (χ0v) is 17.4. The Hall–Kier alpha value is -2.67. The van der Waals surface area contributed by atoms with E-state index >= 15 is 0 Å². The lowest BCUT2D eigenvalue weighted by Gasteiger charge is -2.27. The molecule has 1 N–H and O–H groups in total. The van der Waals surface area contributed by atoms with E-state index in [1.807, 2.05) is 6.07 Å². The van der Waals surface area contributed by atoms with Crippen LogP contribution in [0.5, 0.6) is 5.88 Å². The Labute approximate surface area is 176 Å². The van der Waals surface area contributed by atoms with Crippen LogP contribution in [0.4, 0.5) is 19.0 Å². The fraction of sp³-hybridized carbons (Fsp3) is 0.667. The minimum absolute atomic E-state index is 0.0303. The van der Waals surface area contributed by atoms with E-state index in [0.717, 1.165) is 18.9 Å². The van der Waals surface area contributed by atoms with E-state index in [-0.39, 0.29) is 17.9 Å². The summed E-state index contributed by atoms with van der Waals surface area (Å²) in [5, 5.41) is 7.12. The van der Waals surface area contributed by atoms with E-state index in [2.05, 4.69) is 14.9 Å². The Morgan fingerprint density at radius 3 is 2.65 bits per heavy atom. The van der Waals surface area contributed by atoms with Gasteiger partial charge in [-0.2, -0.15) is 13.2 Å². The van der Waals surface area contributed by atoms with Crippen LogP contribution in [0.15, 0.2) is 12.4 Å². The quantitative estimate of drug-likeness (QED) is 0.668. The Morgan fingerprint density at radius 1 is 1.39 bits per heavy atom. The van der Waals surface area contributed by atoms with Gasteiger partial charge in [0.15, 0.2) is 0 Å². The van der Waals surface area contributed by atoms with Gasteiger partial charge in [-0.3, -0.25) is 4.79 Å². The molecule has 0 spiro atoms. The molecule has 0 aromatic carbocycles. The van der Waals surface area contributed by atoms with Gasteiger partial charge in [-0.05, 0) is 0 Å². The first kappa shape index (κ1) is 24.6. The normalized spacial score (nSPS) is 22.4. The van der Waals surface area contributed by atoms with E-state index in [1.165, 1.54) is 11.2 Å². The molecule has 0 saturated carbocycles. The van der Waals surface area contributed by atoms with Gasteiger partial charge < -0.3 is 29.1 Å². The van der Waals surface area contributed by atoms with Crippen LogP contribution >= 0.6 is 0 Å². The smallest absolute Gasteiger partial charge is 0.481 e. The van der Waals surface area contributed by atoms with Gasteiger partial charge in [0.1, 0.15) is 18.8 Å². The zero-order chi connectivity index (χ0) is 23.2. The van der Waals surface area contributed by atoms with Crippen LogP contribution < -0.4 is 9.64 Å². The molecule has 2 fully saturated rings. The maximum atomic E-state index is 11.7. The molecule has 13 heteroatoms. The van der Waals surface area contributed by atoms with Crippen LogP contribution in [-0.4, -0.2) is 98.7 Å². The summed E-state index contributed by atoms with van der Waals surface area (Å²) in [6.07, 6.45) is -3.57. The monoisotopic (exact) mass is 450 g/mol. The summed E-state index contributed by atoms with van der Waals surface area (Å²) in [6.45, 7) is 3.61. The molecule has 3 rings (SSSR count). The highest BCUT2D eigenvalue weighted by Crippen LogP contribution is 2.43. The number of methoxy groups -OCH3 is 1. The van der Waals surface area contributed by atoms with E-state index in [4.69, 9.17) is 24.1 Å². The molecule has 1 aromatic heterocycles. The number of rotatable bonds is 6. The predicted molar refractivity (Wildman–Crippen MR) is 101 cm³/mol. The Kier molecular flexibility index (Phi) is 8.01. The van der Waals surface area contributed by atoms with Crippen molar-refractivity contribution in [2.75, 3.05) is 65.6 Å². The SMILES string of the molecule is COc1cc(N2C[C@@H]3COC[C@]3(COCC(=O)N(C)C)C2)ncn1.O=C(O)C(F)(F)F. The number of amides is 1. The van der Waals surface area contributed by atoms with Gasteiger partial charge in [0.05, 0.1) is 26.9 Å². The minimum Gasteiger partial charge on any atom is -0.481 e. The minimum atomic E-state index is -5.08. The number of likely N-dealkylation sites (N-methyl/N-ethyl adjacent to an activating group) is 1. The van der Waals surface area contributed by atoms with Crippen LogP contribution in [0.3, 0.4) is 0 Å². The maximum absolute atomic E-state index is 11.7. The molecule has 31 heavy (non-hydrogen) atoms. The van der Waals surface area contributed by atoms with E-state index in [0.29, 0.717) is 31.6 Å². The molecular formula is C18H25F3N4O6. The highest BCUT2D eigenvalue weighted by molar-refractivity contribution is 5.76. The average molecular weight is 450 g/mol. The number of aromatic nitrogens is 2. The number of carbonyl (C=O) groups excluding carboxylic acids is 1. The summed E-state index contributed by atoms with van der Waals surface area (Å²) in [4.78, 5) is 32.7. The van der Waals surface area contributed by atoms with Crippen LogP contribution in [0.2, 0.25) is 0 Å². The summed E-state index contributed by atoms with van der Waals surface area (Å²) >= 11 is 0. The topological polar surface area (TPSA) is 114 Å². The Bertz CT molecular complexity index is 779. The van der Waals surface area contributed by atoms with E-state index < -0.39 is 12.1 Å². The fourth-order valence-electron chi connectivity index (χ4n) is 3.30. The van der Waals surface area contributed by atoms with Gasteiger partial charge in [0.25, 0.3) is 0 Å². The second kappa shape index (κ2) is 10.1. The second-order valence-corrected chi connectivity index (χ2v) is 7.46. The average Bonchev–Trinajstić information content (AvgIpc) is 3.25. The molecule has 3 heterocycles. The number of anilines is 1. The summed E-state index contributed by atoms with van der Waals surface area (Å²) in [5.41, 5.74) is -0.0925. The van der Waals surface area contributed by atoms with Crippen LogP contribution in [-0.2, 0) is 19.1 Å². The standard InChI is InChI=1S/C16H24N4O4.C2HF3O2/c1-19(2)15(21)7-24-10-16-8-20(5-12(16)6-23-9-16)13-4-14(22-3)18-11-17-13;3-2(4,5)1(6)7/h4,11-12H,5-10H2,1-3H3;(H,6,7)/t12-,16+;/m1./s1. The van der Waals surface area contributed by atoms with Crippen molar-refractivity contribution in [2.45, 2.75) is 6.18 Å². The molecular weight excluding hydrogens is 425 g/mol. The van der Waals surface area contributed by atoms with Gasteiger partial charge in [-0.25, -0.2) is 14.8 Å². The lowest BCUT2D eigenvalue weighted by Crippen LogP contribution is -2.37. The largest absolute Gasteiger partial charge is 0.490 e. The van der Waals surface area contributed by atoms with Crippen LogP contribution in [0.25, 0.3) is 0 Å². The zero-order valence-electron chi connectivity index (χ0n) is 17.4. The van der Waals surface area contributed by atoms with E-state index in [1.54, 1.807) is 21.2 Å².